The lowest BCUT2D eigenvalue weighted by atomic mass is 10.2. The van der Waals surface area contributed by atoms with Gasteiger partial charge in [0.05, 0.1) is 6.42 Å². The van der Waals surface area contributed by atoms with E-state index in [9.17, 15) is 4.79 Å². The number of aliphatic carboxylic acids is 1. The molecule has 2 nitrogen and oxygen atoms in total. The van der Waals surface area contributed by atoms with Crippen LogP contribution in [-0.4, -0.2) is 11.1 Å². The number of rotatable bonds is 2. The highest BCUT2D eigenvalue weighted by molar-refractivity contribution is 5.70. The molecule has 0 radical (unpaired) electrons. The summed E-state index contributed by atoms with van der Waals surface area (Å²) in [5, 5.41) is 8.33. The van der Waals surface area contributed by atoms with Crippen LogP contribution in [0, 0.1) is 0 Å². The maximum absolute atomic E-state index is 10.1. The van der Waals surface area contributed by atoms with Gasteiger partial charge in [0.1, 0.15) is 0 Å². The molecular formula is C7H10O2. The van der Waals surface area contributed by atoms with Gasteiger partial charge in [-0.2, -0.15) is 0 Å². The molecule has 0 aromatic rings. The molecule has 9 heavy (non-hydrogen) atoms. The van der Waals surface area contributed by atoms with E-state index in [1.54, 1.807) is 0 Å². The van der Waals surface area contributed by atoms with Gasteiger partial charge in [-0.15, -0.1) is 0 Å². The van der Waals surface area contributed by atoms with Crippen LogP contribution in [-0.2, 0) is 4.79 Å². The van der Waals surface area contributed by atoms with E-state index in [2.05, 4.69) is 0 Å². The second-order valence-corrected chi connectivity index (χ2v) is 2.33. The van der Waals surface area contributed by atoms with Gasteiger partial charge in [-0.3, -0.25) is 4.79 Å². The number of hydrogen-bond donors (Lipinski definition) is 1. The topological polar surface area (TPSA) is 37.3 Å². The van der Waals surface area contributed by atoms with Gasteiger partial charge in [-0.25, -0.2) is 0 Å². The molecule has 50 valence electrons. The van der Waals surface area contributed by atoms with Crippen LogP contribution in [0.4, 0.5) is 0 Å². The van der Waals surface area contributed by atoms with Crippen LogP contribution in [0.15, 0.2) is 11.6 Å². The van der Waals surface area contributed by atoms with Crippen molar-refractivity contribution in [2.24, 2.45) is 0 Å². The van der Waals surface area contributed by atoms with Gasteiger partial charge in [0.2, 0.25) is 0 Å². The van der Waals surface area contributed by atoms with E-state index in [0.717, 1.165) is 24.8 Å². The van der Waals surface area contributed by atoms with Crippen molar-refractivity contribution in [2.45, 2.75) is 25.7 Å². The predicted molar refractivity (Wildman–Crippen MR) is 34.2 cm³/mol. The number of carbonyl (C=O) groups is 1. The molecule has 1 N–H and O–H groups in total. The van der Waals surface area contributed by atoms with Crippen LogP contribution >= 0.6 is 0 Å². The summed E-state index contributed by atoms with van der Waals surface area (Å²) < 4.78 is 0. The molecule has 0 fully saturated rings. The molecule has 0 atom stereocenters. The summed E-state index contributed by atoms with van der Waals surface area (Å²) in [5.41, 5.74) is 1.10. The summed E-state index contributed by atoms with van der Waals surface area (Å²) in [5.74, 6) is -0.705. The molecule has 0 saturated carbocycles. The second-order valence-electron chi connectivity index (χ2n) is 2.33. The minimum absolute atomic E-state index is 0.250. The average Bonchev–Trinajstić information content (AvgIpc) is 2.15. The molecule has 0 bridgehead atoms. The Morgan fingerprint density at radius 3 is 3.00 bits per heavy atom. The first-order valence-electron chi connectivity index (χ1n) is 3.19. The Bertz CT molecular complexity index is 147. The standard InChI is InChI=1S/C7H10O2/c8-7(9)5-6-3-1-2-4-6/h3H,1-2,4-5H2,(H,8,9). The smallest absolute Gasteiger partial charge is 0.307 e. The average molecular weight is 126 g/mol. The van der Waals surface area contributed by atoms with Gasteiger partial charge in [0.25, 0.3) is 0 Å². The van der Waals surface area contributed by atoms with E-state index < -0.39 is 5.97 Å². The van der Waals surface area contributed by atoms with Crippen molar-refractivity contribution < 1.29 is 9.90 Å². The van der Waals surface area contributed by atoms with Crippen molar-refractivity contribution in [1.29, 1.82) is 0 Å². The number of carboxylic acids is 1. The van der Waals surface area contributed by atoms with Gasteiger partial charge in [0.15, 0.2) is 0 Å². The molecule has 0 aromatic carbocycles. The zero-order chi connectivity index (χ0) is 6.69. The Kier molecular flexibility index (Phi) is 1.88. The van der Waals surface area contributed by atoms with Gasteiger partial charge in [0, 0.05) is 0 Å². The molecule has 1 aliphatic rings. The Balaban J connectivity index is 2.35. The zero-order valence-corrected chi connectivity index (χ0v) is 5.26. The molecule has 0 aliphatic heterocycles. The third kappa shape index (κ3) is 1.88. The van der Waals surface area contributed by atoms with Crippen molar-refractivity contribution >= 4 is 5.97 Å². The van der Waals surface area contributed by atoms with Crippen molar-refractivity contribution in [2.75, 3.05) is 0 Å². The lowest BCUT2D eigenvalue weighted by Crippen LogP contribution is -1.94. The highest BCUT2D eigenvalue weighted by Gasteiger charge is 2.07. The largest absolute Gasteiger partial charge is 0.481 e. The van der Waals surface area contributed by atoms with E-state index in [-0.39, 0.29) is 6.42 Å². The van der Waals surface area contributed by atoms with Crippen LogP contribution in [0.25, 0.3) is 0 Å². The second kappa shape index (κ2) is 2.67. The molecule has 0 aromatic heterocycles. The molecule has 2 heteroatoms. The van der Waals surface area contributed by atoms with Crippen molar-refractivity contribution in [3.05, 3.63) is 11.6 Å². The van der Waals surface area contributed by atoms with Gasteiger partial charge >= 0.3 is 5.97 Å². The van der Waals surface area contributed by atoms with Crippen LogP contribution in [0.5, 0.6) is 0 Å². The van der Waals surface area contributed by atoms with Crippen LogP contribution < -0.4 is 0 Å². The highest BCUT2D eigenvalue weighted by atomic mass is 16.4. The van der Waals surface area contributed by atoms with Crippen molar-refractivity contribution in [3.63, 3.8) is 0 Å². The van der Waals surface area contributed by atoms with E-state index in [4.69, 9.17) is 5.11 Å². The summed E-state index contributed by atoms with van der Waals surface area (Å²) in [7, 11) is 0. The number of carboxylic acid groups (broad SMARTS) is 1. The van der Waals surface area contributed by atoms with Crippen LogP contribution in [0.1, 0.15) is 25.7 Å². The molecule has 0 amide bonds. The van der Waals surface area contributed by atoms with E-state index in [1.807, 2.05) is 6.08 Å². The Hall–Kier alpha value is -0.790. The molecule has 0 unspecified atom stereocenters. The minimum atomic E-state index is -0.705. The number of hydrogen-bond acceptors (Lipinski definition) is 1. The summed E-state index contributed by atoms with van der Waals surface area (Å²) in [6, 6.07) is 0. The predicted octanol–water partition coefficient (Wildman–Crippen LogP) is 1.57. The maximum Gasteiger partial charge on any atom is 0.307 e. The van der Waals surface area contributed by atoms with Gasteiger partial charge in [-0.1, -0.05) is 11.6 Å². The summed E-state index contributed by atoms with van der Waals surface area (Å²) in [6.07, 6.45) is 5.49. The Labute approximate surface area is 54.2 Å². The fraction of sp³-hybridized carbons (Fsp3) is 0.571. The Morgan fingerprint density at radius 1 is 1.78 bits per heavy atom. The Morgan fingerprint density at radius 2 is 2.56 bits per heavy atom. The maximum atomic E-state index is 10.1. The lowest BCUT2D eigenvalue weighted by Gasteiger charge is -1.92. The first-order valence-corrected chi connectivity index (χ1v) is 3.19. The SMILES string of the molecule is O=C(O)CC1=CCCC1. The minimum Gasteiger partial charge on any atom is -0.481 e. The van der Waals surface area contributed by atoms with Gasteiger partial charge < -0.3 is 5.11 Å². The van der Waals surface area contributed by atoms with Crippen molar-refractivity contribution in [3.8, 4) is 0 Å². The fourth-order valence-corrected chi connectivity index (χ4v) is 1.09. The third-order valence-corrected chi connectivity index (χ3v) is 1.51. The van der Waals surface area contributed by atoms with Crippen molar-refractivity contribution in [1.82, 2.24) is 0 Å². The normalized spacial score (nSPS) is 17.6. The molecule has 1 aliphatic carbocycles. The van der Waals surface area contributed by atoms with Crippen LogP contribution in [0.3, 0.4) is 0 Å². The first-order chi connectivity index (χ1) is 4.29. The highest BCUT2D eigenvalue weighted by Crippen LogP contribution is 2.19. The first kappa shape index (κ1) is 6.33. The quantitative estimate of drug-likeness (QED) is 0.570. The number of allylic oxidation sites excluding steroid dienone is 1. The summed E-state index contributed by atoms with van der Waals surface area (Å²) >= 11 is 0. The summed E-state index contributed by atoms with van der Waals surface area (Å²) in [4.78, 5) is 10.1. The van der Waals surface area contributed by atoms with E-state index in [0.29, 0.717) is 0 Å². The van der Waals surface area contributed by atoms with Gasteiger partial charge in [-0.05, 0) is 19.3 Å². The zero-order valence-electron chi connectivity index (χ0n) is 5.26. The molecule has 0 saturated heterocycles. The third-order valence-electron chi connectivity index (χ3n) is 1.51. The molecule has 0 heterocycles. The molecular weight excluding hydrogens is 116 g/mol. The fourth-order valence-electron chi connectivity index (χ4n) is 1.09. The summed E-state index contributed by atoms with van der Waals surface area (Å²) in [6.45, 7) is 0. The molecule has 1 rings (SSSR count). The monoisotopic (exact) mass is 126 g/mol. The van der Waals surface area contributed by atoms with E-state index >= 15 is 0 Å². The van der Waals surface area contributed by atoms with E-state index in [1.165, 1.54) is 0 Å². The van der Waals surface area contributed by atoms with Crippen LogP contribution in [0.2, 0.25) is 0 Å². The lowest BCUT2D eigenvalue weighted by molar-refractivity contribution is -0.136. The molecule has 0 spiro atoms.